The van der Waals surface area contributed by atoms with Crippen molar-refractivity contribution in [2.45, 2.75) is 19.4 Å². The van der Waals surface area contributed by atoms with Crippen LogP contribution in [0.5, 0.6) is 0 Å². The average molecular weight is 279 g/mol. The molecule has 0 amide bonds. The molecule has 1 rings (SSSR count). The molecule has 0 fully saturated rings. The molecule has 1 N–H and O–H groups in total. The van der Waals surface area contributed by atoms with Gasteiger partial charge < -0.3 is 10.0 Å². The molecule has 0 heterocycles. The highest BCUT2D eigenvalue weighted by Crippen LogP contribution is 2.20. The molecular formula is C15H21NO2S. The molecule has 0 bridgehead atoms. The van der Waals surface area contributed by atoms with Crippen LogP contribution in [0.25, 0.3) is 6.08 Å². The molecule has 0 spiro atoms. The van der Waals surface area contributed by atoms with E-state index in [9.17, 15) is 4.79 Å². The van der Waals surface area contributed by atoms with Crippen molar-refractivity contribution in [2.75, 3.05) is 24.0 Å². The van der Waals surface area contributed by atoms with E-state index in [0.29, 0.717) is 6.04 Å². The summed E-state index contributed by atoms with van der Waals surface area (Å²) in [7, 11) is 2.10. The van der Waals surface area contributed by atoms with E-state index >= 15 is 0 Å². The van der Waals surface area contributed by atoms with E-state index in [2.05, 4.69) is 25.1 Å². The summed E-state index contributed by atoms with van der Waals surface area (Å²) < 4.78 is 0. The van der Waals surface area contributed by atoms with E-state index < -0.39 is 5.97 Å². The van der Waals surface area contributed by atoms with Crippen LogP contribution in [0.4, 0.5) is 5.69 Å². The third kappa shape index (κ3) is 4.99. The lowest BCUT2D eigenvalue weighted by atomic mass is 10.1. The van der Waals surface area contributed by atoms with Gasteiger partial charge in [-0.3, -0.25) is 0 Å². The Bertz CT molecular complexity index is 428. The highest BCUT2D eigenvalue weighted by atomic mass is 32.2. The highest BCUT2D eigenvalue weighted by Gasteiger charge is 2.12. The molecule has 0 radical (unpaired) electrons. The van der Waals surface area contributed by atoms with Gasteiger partial charge in [0, 0.05) is 30.6 Å². The van der Waals surface area contributed by atoms with Crippen LogP contribution >= 0.6 is 11.8 Å². The van der Waals surface area contributed by atoms with E-state index in [-0.39, 0.29) is 0 Å². The first-order chi connectivity index (χ1) is 9.08. The van der Waals surface area contributed by atoms with Crippen molar-refractivity contribution in [3.8, 4) is 0 Å². The fourth-order valence-corrected chi connectivity index (χ4v) is 2.74. The lowest BCUT2D eigenvalue weighted by molar-refractivity contribution is -0.131. The molecule has 1 atom stereocenters. The van der Waals surface area contributed by atoms with Gasteiger partial charge in [-0.1, -0.05) is 19.1 Å². The fourth-order valence-electron chi connectivity index (χ4n) is 1.89. The predicted octanol–water partition coefficient (Wildman–Crippen LogP) is 3.36. The van der Waals surface area contributed by atoms with Crippen LogP contribution in [0.2, 0.25) is 0 Å². The standard InChI is InChI=1S/C15H21NO2S/c1-4-13(11-19-3)16(2)14-8-5-12(6-9-14)7-10-15(17)18/h5-10,13H,4,11H2,1-3H3,(H,17,18)/b10-7+. The van der Waals surface area contributed by atoms with E-state index in [1.807, 2.05) is 36.0 Å². The number of carboxylic acids is 1. The molecule has 3 nitrogen and oxygen atoms in total. The second-order valence-corrected chi connectivity index (χ2v) is 5.30. The van der Waals surface area contributed by atoms with Crippen LogP contribution in [-0.4, -0.2) is 36.2 Å². The summed E-state index contributed by atoms with van der Waals surface area (Å²) in [5, 5.41) is 8.58. The van der Waals surface area contributed by atoms with Crippen molar-refractivity contribution in [1.82, 2.24) is 0 Å². The Kier molecular flexibility index (Phi) is 6.50. The Hall–Kier alpha value is -1.42. The van der Waals surface area contributed by atoms with Gasteiger partial charge in [-0.2, -0.15) is 11.8 Å². The molecule has 19 heavy (non-hydrogen) atoms. The van der Waals surface area contributed by atoms with Crippen molar-refractivity contribution in [1.29, 1.82) is 0 Å². The molecule has 0 aliphatic rings. The minimum absolute atomic E-state index is 0.524. The van der Waals surface area contributed by atoms with Gasteiger partial charge in [-0.05, 0) is 36.4 Å². The second-order valence-electron chi connectivity index (χ2n) is 4.39. The first kappa shape index (κ1) is 15.6. The summed E-state index contributed by atoms with van der Waals surface area (Å²) >= 11 is 1.85. The fraction of sp³-hybridized carbons (Fsp3) is 0.400. The third-order valence-electron chi connectivity index (χ3n) is 3.10. The number of thioether (sulfide) groups is 1. The number of anilines is 1. The van der Waals surface area contributed by atoms with Crippen molar-refractivity contribution < 1.29 is 9.90 Å². The predicted molar refractivity (Wildman–Crippen MR) is 84.0 cm³/mol. The van der Waals surface area contributed by atoms with Crippen molar-refractivity contribution in [2.24, 2.45) is 0 Å². The summed E-state index contributed by atoms with van der Waals surface area (Å²) in [5.74, 6) is 0.181. The largest absolute Gasteiger partial charge is 0.478 e. The quantitative estimate of drug-likeness (QED) is 0.777. The summed E-state index contributed by atoms with van der Waals surface area (Å²) in [6.45, 7) is 2.20. The minimum atomic E-state index is -0.924. The number of nitrogens with zero attached hydrogens (tertiary/aromatic N) is 1. The molecule has 0 aliphatic heterocycles. The monoisotopic (exact) mass is 279 g/mol. The number of rotatable bonds is 7. The Morgan fingerprint density at radius 3 is 2.53 bits per heavy atom. The van der Waals surface area contributed by atoms with Crippen molar-refractivity contribution >= 4 is 29.5 Å². The number of hydrogen-bond donors (Lipinski definition) is 1. The van der Waals surface area contributed by atoms with Crippen LogP contribution in [0.15, 0.2) is 30.3 Å². The maximum Gasteiger partial charge on any atom is 0.328 e. The molecule has 1 aromatic carbocycles. The lowest BCUT2D eigenvalue weighted by Crippen LogP contribution is -2.33. The normalized spacial score (nSPS) is 12.6. The first-order valence-corrected chi connectivity index (χ1v) is 7.70. The molecule has 4 heteroatoms. The Labute approximate surface area is 119 Å². The smallest absolute Gasteiger partial charge is 0.328 e. The van der Waals surface area contributed by atoms with Crippen LogP contribution in [0, 0.1) is 0 Å². The van der Waals surface area contributed by atoms with E-state index in [4.69, 9.17) is 5.11 Å². The molecule has 0 aliphatic carbocycles. The van der Waals surface area contributed by atoms with Gasteiger partial charge in [0.25, 0.3) is 0 Å². The van der Waals surface area contributed by atoms with Gasteiger partial charge in [0.1, 0.15) is 0 Å². The van der Waals surface area contributed by atoms with Gasteiger partial charge in [0.15, 0.2) is 0 Å². The number of carbonyl (C=O) groups is 1. The van der Waals surface area contributed by atoms with E-state index in [1.54, 1.807) is 6.08 Å². The first-order valence-electron chi connectivity index (χ1n) is 6.31. The summed E-state index contributed by atoms with van der Waals surface area (Å²) in [4.78, 5) is 12.7. The zero-order chi connectivity index (χ0) is 14.3. The number of carboxylic acid groups (broad SMARTS) is 1. The maximum atomic E-state index is 10.5. The zero-order valence-electron chi connectivity index (χ0n) is 11.7. The van der Waals surface area contributed by atoms with Gasteiger partial charge in [0.05, 0.1) is 0 Å². The Balaban J connectivity index is 2.77. The Morgan fingerprint density at radius 2 is 2.05 bits per heavy atom. The van der Waals surface area contributed by atoms with Crippen LogP contribution < -0.4 is 4.90 Å². The highest BCUT2D eigenvalue weighted by molar-refractivity contribution is 7.98. The number of hydrogen-bond acceptors (Lipinski definition) is 3. The Morgan fingerprint density at radius 1 is 1.42 bits per heavy atom. The van der Waals surface area contributed by atoms with Gasteiger partial charge in [0.2, 0.25) is 0 Å². The average Bonchev–Trinajstić information content (AvgIpc) is 2.42. The van der Waals surface area contributed by atoms with Crippen LogP contribution in [-0.2, 0) is 4.79 Å². The van der Waals surface area contributed by atoms with Crippen molar-refractivity contribution in [3.63, 3.8) is 0 Å². The molecule has 0 aromatic heterocycles. The van der Waals surface area contributed by atoms with Crippen LogP contribution in [0.3, 0.4) is 0 Å². The molecule has 104 valence electrons. The van der Waals surface area contributed by atoms with E-state index in [0.717, 1.165) is 29.5 Å². The molecular weight excluding hydrogens is 258 g/mol. The molecule has 1 unspecified atom stereocenters. The van der Waals surface area contributed by atoms with E-state index in [1.165, 1.54) is 0 Å². The number of benzene rings is 1. The number of aliphatic carboxylic acids is 1. The van der Waals surface area contributed by atoms with Crippen molar-refractivity contribution in [3.05, 3.63) is 35.9 Å². The van der Waals surface area contributed by atoms with Gasteiger partial charge in [-0.25, -0.2) is 4.79 Å². The summed E-state index contributed by atoms with van der Waals surface area (Å²) in [6, 6.07) is 8.47. The SMILES string of the molecule is CCC(CSC)N(C)c1ccc(/C=C/C(=O)O)cc1. The molecule has 0 saturated heterocycles. The van der Waals surface area contributed by atoms with Gasteiger partial charge in [-0.15, -0.1) is 0 Å². The summed E-state index contributed by atoms with van der Waals surface area (Å²) in [6.07, 6.45) is 5.99. The minimum Gasteiger partial charge on any atom is -0.478 e. The molecule has 0 saturated carbocycles. The maximum absolute atomic E-state index is 10.5. The van der Waals surface area contributed by atoms with Crippen LogP contribution in [0.1, 0.15) is 18.9 Å². The summed E-state index contributed by atoms with van der Waals surface area (Å²) in [5.41, 5.74) is 2.06. The topological polar surface area (TPSA) is 40.5 Å². The lowest BCUT2D eigenvalue weighted by Gasteiger charge is -2.28. The third-order valence-corrected chi connectivity index (χ3v) is 3.81. The second kappa shape index (κ2) is 7.89. The zero-order valence-corrected chi connectivity index (χ0v) is 12.5. The van der Waals surface area contributed by atoms with Gasteiger partial charge >= 0.3 is 5.97 Å². The molecule has 1 aromatic rings.